The number of fused-ring (bicyclic) bond motifs is 1. The van der Waals surface area contributed by atoms with Crippen LogP contribution in [0.1, 0.15) is 51.7 Å². The third-order valence-electron chi connectivity index (χ3n) is 8.52. The van der Waals surface area contributed by atoms with Crippen LogP contribution in [0.4, 0.5) is 0 Å². The lowest BCUT2D eigenvalue weighted by molar-refractivity contribution is -0.194. The molecule has 0 amide bonds. The largest absolute Gasteiger partial charge is 0.504 e. The summed E-state index contributed by atoms with van der Waals surface area (Å²) >= 11 is 0. The molecule has 4 rings (SSSR count). The molecule has 1 aromatic carbocycles. The fourth-order valence-electron chi connectivity index (χ4n) is 6.30. The van der Waals surface area contributed by atoms with Crippen molar-refractivity contribution in [2.24, 2.45) is 0 Å². The predicted molar refractivity (Wildman–Crippen MR) is 144 cm³/mol. The fourth-order valence-corrected chi connectivity index (χ4v) is 6.30. The van der Waals surface area contributed by atoms with E-state index in [1.54, 1.807) is 6.07 Å². The molecule has 1 aliphatic carbocycles. The maximum absolute atomic E-state index is 13.6. The van der Waals surface area contributed by atoms with E-state index in [-0.39, 0.29) is 29.7 Å². The van der Waals surface area contributed by atoms with Gasteiger partial charge in [0.15, 0.2) is 23.7 Å². The first-order valence-electron chi connectivity index (χ1n) is 13.7. The number of hydrogen-bond acceptors (Lipinski definition) is 13. The minimum atomic E-state index is -2.21. The molecule has 1 spiro atoms. The Kier molecular flexibility index (Phi) is 8.49. The van der Waals surface area contributed by atoms with Crippen molar-refractivity contribution in [2.75, 3.05) is 13.6 Å². The Morgan fingerprint density at radius 3 is 2.23 bits per heavy atom. The Hall–Kier alpha value is -4.17. The van der Waals surface area contributed by atoms with E-state index in [0.717, 1.165) is 26.3 Å². The summed E-state index contributed by atoms with van der Waals surface area (Å²) < 4.78 is 26.7. The number of carboxylic acids is 1. The molecule has 14 nitrogen and oxygen atoms in total. The van der Waals surface area contributed by atoms with E-state index in [2.05, 4.69) is 0 Å². The van der Waals surface area contributed by atoms with Crippen molar-refractivity contribution in [1.82, 2.24) is 4.90 Å². The van der Waals surface area contributed by atoms with Crippen LogP contribution in [-0.4, -0.2) is 99.7 Å². The minimum absolute atomic E-state index is 0.000704. The second-order valence-corrected chi connectivity index (χ2v) is 11.1. The quantitative estimate of drug-likeness (QED) is 0.279. The number of carbonyl (C=O) groups is 5. The second kappa shape index (κ2) is 11.5. The molecule has 2 aliphatic heterocycles. The highest BCUT2D eigenvalue weighted by Crippen LogP contribution is 2.62. The lowest BCUT2D eigenvalue weighted by Crippen LogP contribution is -2.71. The van der Waals surface area contributed by atoms with E-state index in [4.69, 9.17) is 28.8 Å². The van der Waals surface area contributed by atoms with Gasteiger partial charge in [0, 0.05) is 31.9 Å². The predicted octanol–water partition coefficient (Wildman–Crippen LogP) is 0.865. The summed E-state index contributed by atoms with van der Waals surface area (Å²) in [6, 6.07) is 2.77. The summed E-state index contributed by atoms with van der Waals surface area (Å²) in [5.74, 6) is -6.58. The van der Waals surface area contributed by atoms with E-state index in [0.29, 0.717) is 18.5 Å². The summed E-state index contributed by atoms with van der Waals surface area (Å²) in [5, 5.41) is 32.2. The first-order chi connectivity index (χ1) is 20.0. The number of aromatic hydroxyl groups is 1. The molecule has 1 fully saturated rings. The Bertz CT molecular complexity index is 1390. The summed E-state index contributed by atoms with van der Waals surface area (Å²) in [5.41, 5.74) is -1.30. The van der Waals surface area contributed by atoms with Crippen molar-refractivity contribution in [3.63, 3.8) is 0 Å². The van der Waals surface area contributed by atoms with Gasteiger partial charge in [-0.05, 0) is 58.5 Å². The van der Waals surface area contributed by atoms with Gasteiger partial charge in [0.2, 0.25) is 12.2 Å². The lowest BCUT2D eigenvalue weighted by Gasteiger charge is -2.58. The number of likely N-dealkylation sites (tertiary alicyclic amines) is 1. The SMILES string of the molecule is CC(=O)O[C@@H](C(=O)OC1=CC[C@@]2(O)[C@@H](C)N(C)CC[C@@]23c2c(C)ccc(O)c2O[C@@H]13)[C@@H](OC(C)=O)C(=O)O[C@@H](C)C(=O)O. The van der Waals surface area contributed by atoms with Gasteiger partial charge in [-0.1, -0.05) is 6.07 Å². The zero-order chi connectivity index (χ0) is 32.0. The molecule has 0 unspecified atom stereocenters. The molecular weight excluding hydrogens is 570 g/mol. The lowest BCUT2D eigenvalue weighted by atomic mass is 9.54. The van der Waals surface area contributed by atoms with Gasteiger partial charge in [-0.25, -0.2) is 14.4 Å². The van der Waals surface area contributed by atoms with Crippen molar-refractivity contribution in [3.05, 3.63) is 35.1 Å². The number of rotatable bonds is 8. The van der Waals surface area contributed by atoms with Crippen molar-refractivity contribution in [3.8, 4) is 11.5 Å². The molecule has 234 valence electrons. The first-order valence-corrected chi connectivity index (χ1v) is 13.7. The molecule has 43 heavy (non-hydrogen) atoms. The Labute approximate surface area is 247 Å². The highest BCUT2D eigenvalue weighted by Gasteiger charge is 2.69. The van der Waals surface area contributed by atoms with Gasteiger partial charge in [0.25, 0.3) is 0 Å². The normalized spacial score (nSPS) is 27.9. The average Bonchev–Trinajstić information content (AvgIpc) is 3.29. The summed E-state index contributed by atoms with van der Waals surface area (Å²) in [4.78, 5) is 63.5. The van der Waals surface area contributed by atoms with Gasteiger partial charge >= 0.3 is 29.8 Å². The highest BCUT2D eigenvalue weighted by atomic mass is 16.6. The van der Waals surface area contributed by atoms with Crippen LogP contribution >= 0.6 is 0 Å². The second-order valence-electron chi connectivity index (χ2n) is 11.1. The Morgan fingerprint density at radius 2 is 1.65 bits per heavy atom. The molecule has 3 aliphatic rings. The Balaban J connectivity index is 1.75. The monoisotopic (exact) mass is 605 g/mol. The number of piperidine rings is 1. The molecule has 14 heteroatoms. The van der Waals surface area contributed by atoms with Crippen LogP contribution in [0.25, 0.3) is 0 Å². The number of esters is 4. The van der Waals surface area contributed by atoms with Gasteiger partial charge in [0.1, 0.15) is 5.76 Å². The van der Waals surface area contributed by atoms with Gasteiger partial charge in [-0.3, -0.25) is 9.59 Å². The van der Waals surface area contributed by atoms with Crippen molar-refractivity contribution in [2.45, 2.75) is 88.9 Å². The van der Waals surface area contributed by atoms with E-state index in [9.17, 15) is 34.2 Å². The van der Waals surface area contributed by atoms with E-state index in [1.807, 2.05) is 25.8 Å². The number of hydrogen-bond donors (Lipinski definition) is 3. The maximum atomic E-state index is 13.6. The van der Waals surface area contributed by atoms with Crippen LogP contribution in [0.3, 0.4) is 0 Å². The smallest absolute Gasteiger partial charge is 0.357 e. The number of nitrogens with zero attached hydrogens (tertiary/aromatic N) is 1. The number of aryl methyl sites for hydroxylation is 1. The number of phenols is 1. The van der Waals surface area contributed by atoms with Gasteiger partial charge in [-0.2, -0.15) is 0 Å². The number of aliphatic hydroxyl groups is 1. The standard InChI is InChI=1S/C29H35NO13/c1-13-7-8-18(33)21-20(13)28-11-12-30(6)15(3)29(28,38)10-9-19(24(28)43-21)42-27(37)23(41-17(5)32)22(40-16(4)31)26(36)39-14(2)25(34)35/h7-9,14-15,22-24,33,38H,10-12H2,1-6H3,(H,34,35)/t14-,15+,22+,23+,24-,28-,29+/m0/s1. The molecule has 0 saturated carbocycles. The van der Waals surface area contributed by atoms with E-state index >= 15 is 0 Å². The zero-order valence-corrected chi connectivity index (χ0v) is 24.6. The number of aliphatic carboxylic acids is 1. The molecule has 0 aromatic heterocycles. The van der Waals surface area contributed by atoms with Gasteiger partial charge in [0.05, 0.1) is 11.0 Å². The molecular formula is C29H35NO13. The average molecular weight is 606 g/mol. The van der Waals surface area contributed by atoms with Crippen LogP contribution in [-0.2, 0) is 48.3 Å². The van der Waals surface area contributed by atoms with Crippen LogP contribution in [0.2, 0.25) is 0 Å². The summed E-state index contributed by atoms with van der Waals surface area (Å²) in [7, 11) is 1.87. The van der Waals surface area contributed by atoms with Gasteiger partial charge in [-0.15, -0.1) is 0 Å². The number of ether oxygens (including phenoxy) is 5. The van der Waals surface area contributed by atoms with Crippen LogP contribution in [0.15, 0.2) is 24.0 Å². The number of carbonyl (C=O) groups excluding carboxylic acids is 4. The fraction of sp³-hybridized carbons (Fsp3) is 0.552. The first kappa shape index (κ1) is 31.8. The Morgan fingerprint density at radius 1 is 1.05 bits per heavy atom. The van der Waals surface area contributed by atoms with Crippen molar-refractivity contribution < 1.29 is 63.0 Å². The minimum Gasteiger partial charge on any atom is -0.504 e. The molecule has 7 atom stereocenters. The topological polar surface area (TPSA) is 195 Å². The van der Waals surface area contributed by atoms with Crippen molar-refractivity contribution in [1.29, 1.82) is 0 Å². The molecule has 2 heterocycles. The highest BCUT2D eigenvalue weighted by molar-refractivity contribution is 5.90. The molecule has 1 aromatic rings. The third-order valence-corrected chi connectivity index (χ3v) is 8.52. The summed E-state index contributed by atoms with van der Waals surface area (Å²) in [6.45, 7) is 7.10. The number of likely N-dealkylation sites (N-methyl/N-ethyl adjacent to an activating group) is 1. The third kappa shape index (κ3) is 5.29. The van der Waals surface area contributed by atoms with Crippen LogP contribution in [0, 0.1) is 6.92 Å². The van der Waals surface area contributed by atoms with Gasteiger partial charge < -0.3 is 43.9 Å². The molecule has 3 N–H and O–H groups in total. The zero-order valence-electron chi connectivity index (χ0n) is 24.6. The number of phenolic OH excluding ortho intramolecular Hbond substituents is 1. The maximum Gasteiger partial charge on any atom is 0.357 e. The van der Waals surface area contributed by atoms with Crippen LogP contribution < -0.4 is 4.74 Å². The van der Waals surface area contributed by atoms with E-state index < -0.39 is 65.3 Å². The molecule has 0 radical (unpaired) electrons. The number of carboxylic acid groups (broad SMARTS) is 1. The molecule has 0 bridgehead atoms. The number of benzene rings is 1. The van der Waals surface area contributed by atoms with E-state index in [1.165, 1.54) is 12.1 Å². The van der Waals surface area contributed by atoms with Crippen LogP contribution in [0.5, 0.6) is 11.5 Å². The summed E-state index contributed by atoms with van der Waals surface area (Å²) in [6.07, 6.45) is -5.41. The van der Waals surface area contributed by atoms with Crippen molar-refractivity contribution >= 4 is 29.8 Å². The molecule has 1 saturated heterocycles.